The topological polar surface area (TPSA) is 36.4 Å². The van der Waals surface area contributed by atoms with E-state index in [0.717, 1.165) is 17.9 Å². The van der Waals surface area contributed by atoms with E-state index in [2.05, 4.69) is 16.8 Å². The molecule has 0 spiro atoms. The van der Waals surface area contributed by atoms with Gasteiger partial charge in [-0.1, -0.05) is 19.4 Å². The third-order valence-corrected chi connectivity index (χ3v) is 3.05. The number of anilines is 1. The van der Waals surface area contributed by atoms with Gasteiger partial charge in [-0.2, -0.15) is 0 Å². The third kappa shape index (κ3) is 2.53. The molecule has 0 atom stereocenters. The lowest BCUT2D eigenvalue weighted by molar-refractivity contribution is 0.281. The zero-order valence-electron chi connectivity index (χ0n) is 9.89. The minimum Gasteiger partial charge on any atom is -0.392 e. The summed E-state index contributed by atoms with van der Waals surface area (Å²) < 4.78 is 0. The molecule has 3 heteroatoms. The predicted molar refractivity (Wildman–Crippen MR) is 65.4 cm³/mol. The first-order valence-electron chi connectivity index (χ1n) is 6.18. The molecule has 1 heterocycles. The second-order valence-corrected chi connectivity index (χ2v) is 4.42. The number of hydrogen-bond acceptors (Lipinski definition) is 3. The zero-order valence-corrected chi connectivity index (χ0v) is 9.89. The molecule has 0 saturated heterocycles. The van der Waals surface area contributed by atoms with Crippen molar-refractivity contribution in [3.05, 3.63) is 23.9 Å². The van der Waals surface area contributed by atoms with Crippen LogP contribution in [-0.2, 0) is 6.61 Å². The standard InChI is InChI=1S/C13H20N2O/c1-2-3-9-15(12-6-7-12)13-11(10-16)5-4-8-14-13/h4-5,8,12,16H,2-3,6-7,9-10H2,1H3. The van der Waals surface area contributed by atoms with Crippen LogP contribution in [0.15, 0.2) is 18.3 Å². The molecule has 88 valence electrons. The first-order chi connectivity index (χ1) is 7.86. The lowest BCUT2D eigenvalue weighted by atomic mass is 10.2. The second-order valence-electron chi connectivity index (χ2n) is 4.42. The van der Waals surface area contributed by atoms with Crippen LogP contribution in [-0.4, -0.2) is 22.7 Å². The summed E-state index contributed by atoms with van der Waals surface area (Å²) in [5.41, 5.74) is 0.950. The average molecular weight is 220 g/mol. The Morgan fingerprint density at radius 1 is 1.50 bits per heavy atom. The minimum absolute atomic E-state index is 0.0819. The van der Waals surface area contributed by atoms with Gasteiger partial charge in [-0.3, -0.25) is 0 Å². The molecule has 0 aliphatic heterocycles. The van der Waals surface area contributed by atoms with E-state index in [1.807, 2.05) is 18.3 Å². The van der Waals surface area contributed by atoms with Crippen LogP contribution in [0.4, 0.5) is 5.82 Å². The molecule has 0 aromatic carbocycles. The van der Waals surface area contributed by atoms with Crippen molar-refractivity contribution < 1.29 is 5.11 Å². The van der Waals surface area contributed by atoms with Gasteiger partial charge < -0.3 is 10.0 Å². The van der Waals surface area contributed by atoms with E-state index in [1.54, 1.807) is 0 Å². The molecule has 0 bridgehead atoms. The van der Waals surface area contributed by atoms with Crippen LogP contribution < -0.4 is 4.90 Å². The van der Waals surface area contributed by atoms with Gasteiger partial charge in [-0.05, 0) is 25.3 Å². The average Bonchev–Trinajstić information content (AvgIpc) is 3.14. The summed E-state index contributed by atoms with van der Waals surface area (Å²) in [5.74, 6) is 0.987. The Balaban J connectivity index is 2.16. The summed E-state index contributed by atoms with van der Waals surface area (Å²) in [4.78, 5) is 6.80. The Labute approximate surface area is 97.1 Å². The number of pyridine rings is 1. The van der Waals surface area contributed by atoms with E-state index in [9.17, 15) is 5.11 Å². The third-order valence-electron chi connectivity index (χ3n) is 3.05. The minimum atomic E-state index is 0.0819. The molecule has 3 nitrogen and oxygen atoms in total. The molecule has 1 fully saturated rings. The monoisotopic (exact) mass is 220 g/mol. The maximum atomic E-state index is 9.33. The SMILES string of the molecule is CCCCN(c1ncccc1CO)C1CC1. The molecule has 1 aliphatic carbocycles. The molecule has 0 unspecified atom stereocenters. The van der Waals surface area contributed by atoms with Gasteiger partial charge in [0.2, 0.25) is 0 Å². The maximum Gasteiger partial charge on any atom is 0.134 e. The zero-order chi connectivity index (χ0) is 11.4. The van der Waals surface area contributed by atoms with E-state index in [1.165, 1.54) is 25.7 Å². The summed E-state index contributed by atoms with van der Waals surface area (Å²) in [6, 6.07) is 4.51. The molecule has 0 amide bonds. The lowest BCUT2D eigenvalue weighted by Gasteiger charge is -2.25. The summed E-state index contributed by atoms with van der Waals surface area (Å²) >= 11 is 0. The predicted octanol–water partition coefficient (Wildman–Crippen LogP) is 2.34. The number of rotatable bonds is 6. The van der Waals surface area contributed by atoms with E-state index in [4.69, 9.17) is 0 Å². The number of aliphatic hydroxyl groups is 1. The Bertz CT molecular complexity index is 336. The van der Waals surface area contributed by atoms with E-state index in [0.29, 0.717) is 6.04 Å². The van der Waals surface area contributed by atoms with Crippen molar-refractivity contribution in [2.45, 2.75) is 45.3 Å². The number of unbranched alkanes of at least 4 members (excludes halogenated alkanes) is 1. The summed E-state index contributed by atoms with van der Waals surface area (Å²) in [6.07, 6.45) is 6.74. The first-order valence-corrected chi connectivity index (χ1v) is 6.18. The van der Waals surface area contributed by atoms with Crippen molar-refractivity contribution in [1.82, 2.24) is 4.98 Å². The van der Waals surface area contributed by atoms with E-state index in [-0.39, 0.29) is 6.61 Å². The molecule has 1 saturated carbocycles. The van der Waals surface area contributed by atoms with Crippen LogP contribution in [0.1, 0.15) is 38.2 Å². The smallest absolute Gasteiger partial charge is 0.134 e. The molecule has 0 radical (unpaired) electrons. The van der Waals surface area contributed by atoms with Crippen LogP contribution in [0, 0.1) is 0 Å². The van der Waals surface area contributed by atoms with Crippen molar-refractivity contribution in [2.75, 3.05) is 11.4 Å². The highest BCUT2D eigenvalue weighted by Gasteiger charge is 2.30. The van der Waals surface area contributed by atoms with Gasteiger partial charge in [-0.15, -0.1) is 0 Å². The lowest BCUT2D eigenvalue weighted by Crippen LogP contribution is -2.28. The number of hydrogen-bond donors (Lipinski definition) is 1. The molecule has 2 rings (SSSR count). The van der Waals surface area contributed by atoms with Gasteiger partial charge >= 0.3 is 0 Å². The quantitative estimate of drug-likeness (QED) is 0.799. The van der Waals surface area contributed by atoms with Crippen molar-refractivity contribution in [2.24, 2.45) is 0 Å². The van der Waals surface area contributed by atoms with Gasteiger partial charge in [-0.25, -0.2) is 4.98 Å². The highest BCUT2D eigenvalue weighted by atomic mass is 16.3. The van der Waals surface area contributed by atoms with Gasteiger partial charge in [0.25, 0.3) is 0 Å². The summed E-state index contributed by atoms with van der Waals surface area (Å²) in [7, 11) is 0. The summed E-state index contributed by atoms with van der Waals surface area (Å²) in [5, 5.41) is 9.33. The van der Waals surface area contributed by atoms with Gasteiger partial charge in [0.05, 0.1) is 6.61 Å². The van der Waals surface area contributed by atoms with Crippen molar-refractivity contribution in [3.63, 3.8) is 0 Å². The number of nitrogens with zero attached hydrogens (tertiary/aromatic N) is 2. The van der Waals surface area contributed by atoms with Crippen LogP contribution in [0.3, 0.4) is 0 Å². The Morgan fingerprint density at radius 2 is 2.31 bits per heavy atom. The van der Waals surface area contributed by atoms with Crippen LogP contribution >= 0.6 is 0 Å². The van der Waals surface area contributed by atoms with Gasteiger partial charge in [0.15, 0.2) is 0 Å². The molecular weight excluding hydrogens is 200 g/mol. The molecule has 16 heavy (non-hydrogen) atoms. The highest BCUT2D eigenvalue weighted by Crippen LogP contribution is 2.32. The Morgan fingerprint density at radius 3 is 2.94 bits per heavy atom. The van der Waals surface area contributed by atoms with Gasteiger partial charge in [0, 0.05) is 24.3 Å². The Kier molecular flexibility index (Phi) is 3.78. The van der Waals surface area contributed by atoms with Crippen LogP contribution in [0.2, 0.25) is 0 Å². The molecule has 1 aliphatic rings. The first kappa shape index (κ1) is 11.4. The fourth-order valence-electron chi connectivity index (χ4n) is 1.99. The van der Waals surface area contributed by atoms with Crippen LogP contribution in [0.25, 0.3) is 0 Å². The largest absolute Gasteiger partial charge is 0.392 e. The van der Waals surface area contributed by atoms with Crippen molar-refractivity contribution in [3.8, 4) is 0 Å². The normalized spacial score (nSPS) is 15.1. The fourth-order valence-corrected chi connectivity index (χ4v) is 1.99. The fraction of sp³-hybridized carbons (Fsp3) is 0.615. The molecular formula is C13H20N2O. The number of aromatic nitrogens is 1. The molecule has 1 N–H and O–H groups in total. The second kappa shape index (κ2) is 5.30. The van der Waals surface area contributed by atoms with Gasteiger partial charge in [0.1, 0.15) is 5.82 Å². The molecule has 1 aromatic rings. The van der Waals surface area contributed by atoms with Crippen LogP contribution in [0.5, 0.6) is 0 Å². The Hall–Kier alpha value is -1.09. The number of aliphatic hydroxyl groups excluding tert-OH is 1. The van der Waals surface area contributed by atoms with E-state index < -0.39 is 0 Å². The maximum absolute atomic E-state index is 9.33. The molecule has 1 aromatic heterocycles. The summed E-state index contributed by atoms with van der Waals surface area (Å²) in [6.45, 7) is 3.35. The highest BCUT2D eigenvalue weighted by molar-refractivity contribution is 5.48. The van der Waals surface area contributed by atoms with Crippen molar-refractivity contribution in [1.29, 1.82) is 0 Å². The van der Waals surface area contributed by atoms with E-state index >= 15 is 0 Å². The van der Waals surface area contributed by atoms with Crippen molar-refractivity contribution >= 4 is 5.82 Å².